The Hall–Kier alpha value is -3.59. The molecule has 0 aliphatic rings. The van der Waals surface area contributed by atoms with E-state index in [1.165, 1.54) is 33.0 Å². The van der Waals surface area contributed by atoms with Gasteiger partial charge in [-0.15, -0.1) is 0 Å². The van der Waals surface area contributed by atoms with Gasteiger partial charge in [-0.25, -0.2) is 4.79 Å². The highest BCUT2D eigenvalue weighted by atomic mass is 16.5. The molecule has 0 atom stereocenters. The number of benzene rings is 4. The summed E-state index contributed by atoms with van der Waals surface area (Å²) < 4.78 is 5.66. The molecular formula is C30H30O3. The predicted molar refractivity (Wildman–Crippen MR) is 134 cm³/mol. The van der Waals surface area contributed by atoms with E-state index in [9.17, 15) is 4.79 Å². The summed E-state index contributed by atoms with van der Waals surface area (Å²) in [5.74, 6) is 0.252. The molecule has 1 N–H and O–H groups in total. The van der Waals surface area contributed by atoms with Gasteiger partial charge in [0.2, 0.25) is 0 Å². The molecule has 0 unspecified atom stereocenters. The van der Waals surface area contributed by atoms with Crippen LogP contribution in [-0.2, 0) is 24.1 Å². The van der Waals surface area contributed by atoms with Crippen molar-refractivity contribution in [1.29, 1.82) is 0 Å². The van der Waals surface area contributed by atoms with Crippen molar-refractivity contribution in [3.05, 3.63) is 113 Å². The van der Waals surface area contributed by atoms with Crippen LogP contribution in [0.5, 0.6) is 5.75 Å². The average molecular weight is 439 g/mol. The molecule has 0 bridgehead atoms. The number of hydrogen-bond donors (Lipinski definition) is 1. The first-order chi connectivity index (χ1) is 16.0. The monoisotopic (exact) mass is 438 g/mol. The molecule has 3 nitrogen and oxygen atoms in total. The Morgan fingerprint density at radius 2 is 1.48 bits per heavy atom. The molecular weight excluding hydrogens is 408 g/mol. The molecule has 0 aromatic heterocycles. The van der Waals surface area contributed by atoms with Gasteiger partial charge in [-0.3, -0.25) is 0 Å². The molecule has 4 aromatic carbocycles. The van der Waals surface area contributed by atoms with Gasteiger partial charge in [-0.2, -0.15) is 0 Å². The molecule has 0 spiro atoms. The Morgan fingerprint density at radius 3 is 2.27 bits per heavy atom. The fourth-order valence-electron chi connectivity index (χ4n) is 4.40. The highest BCUT2D eigenvalue weighted by Crippen LogP contribution is 2.28. The first-order valence-corrected chi connectivity index (χ1v) is 11.5. The van der Waals surface area contributed by atoms with Crippen LogP contribution in [-0.4, -0.2) is 17.7 Å². The molecule has 0 saturated carbocycles. The third-order valence-electron chi connectivity index (χ3n) is 5.88. The van der Waals surface area contributed by atoms with Gasteiger partial charge in [-0.1, -0.05) is 92.7 Å². The molecule has 0 aliphatic carbocycles. The van der Waals surface area contributed by atoms with Crippen LogP contribution in [0.2, 0.25) is 0 Å². The zero-order valence-corrected chi connectivity index (χ0v) is 19.3. The van der Waals surface area contributed by atoms with Crippen LogP contribution in [0.25, 0.3) is 10.8 Å². The number of ether oxygens (including phenoxy) is 1. The van der Waals surface area contributed by atoms with Gasteiger partial charge in [0.15, 0.2) is 6.61 Å². The highest BCUT2D eigenvalue weighted by Gasteiger charge is 2.12. The van der Waals surface area contributed by atoms with Crippen molar-refractivity contribution in [2.75, 3.05) is 6.61 Å². The Bertz CT molecular complexity index is 1250. The summed E-state index contributed by atoms with van der Waals surface area (Å²) in [4.78, 5) is 11.1. The van der Waals surface area contributed by atoms with E-state index >= 15 is 0 Å². The maximum atomic E-state index is 11.1. The molecule has 0 heterocycles. The minimum Gasteiger partial charge on any atom is -0.482 e. The minimum atomic E-state index is -0.974. The second-order valence-electron chi connectivity index (χ2n) is 8.98. The summed E-state index contributed by atoms with van der Waals surface area (Å²) in [6.45, 7) is 4.14. The Morgan fingerprint density at radius 1 is 0.788 bits per heavy atom. The second kappa shape index (κ2) is 10.4. The van der Waals surface area contributed by atoms with Crippen LogP contribution in [0, 0.1) is 5.92 Å². The van der Waals surface area contributed by atoms with E-state index in [0.717, 1.165) is 18.4 Å². The zero-order chi connectivity index (χ0) is 23.2. The second-order valence-corrected chi connectivity index (χ2v) is 8.98. The lowest BCUT2D eigenvalue weighted by Crippen LogP contribution is -2.11. The van der Waals surface area contributed by atoms with Crippen molar-refractivity contribution in [2.24, 2.45) is 5.92 Å². The fraction of sp³-hybridized carbons (Fsp3) is 0.233. The molecule has 168 valence electrons. The van der Waals surface area contributed by atoms with Crippen LogP contribution >= 0.6 is 0 Å². The van der Waals surface area contributed by atoms with E-state index < -0.39 is 5.97 Å². The van der Waals surface area contributed by atoms with Crippen LogP contribution in [0.1, 0.15) is 41.7 Å². The van der Waals surface area contributed by atoms with E-state index in [-0.39, 0.29) is 6.61 Å². The first-order valence-electron chi connectivity index (χ1n) is 11.5. The van der Waals surface area contributed by atoms with Gasteiger partial charge in [0, 0.05) is 6.42 Å². The molecule has 0 amide bonds. The number of carboxylic acid groups (broad SMARTS) is 1. The topological polar surface area (TPSA) is 46.5 Å². The summed E-state index contributed by atoms with van der Waals surface area (Å²) in [5.41, 5.74) is 6.12. The van der Waals surface area contributed by atoms with Crippen LogP contribution < -0.4 is 4.74 Å². The Kier molecular flexibility index (Phi) is 7.09. The van der Waals surface area contributed by atoms with E-state index in [4.69, 9.17) is 9.84 Å². The molecule has 0 aliphatic heterocycles. The quantitative estimate of drug-likeness (QED) is 0.317. The normalized spacial score (nSPS) is 11.1. The molecule has 3 heteroatoms. The standard InChI is InChI=1S/C30H30O3/c1-21(2)16-24-9-3-4-10-25(24)17-22-14-15-29(33-20-30(31)32)27(18-22)19-26-12-7-11-23-8-5-6-13-28(23)26/h3-15,18,21H,16-17,19-20H2,1-2H3,(H,31,32). The third kappa shape index (κ3) is 5.81. The van der Waals surface area contributed by atoms with E-state index in [0.29, 0.717) is 18.1 Å². The maximum absolute atomic E-state index is 11.1. The van der Waals surface area contributed by atoms with Crippen LogP contribution in [0.4, 0.5) is 0 Å². The molecule has 4 aromatic rings. The Balaban J connectivity index is 1.69. The zero-order valence-electron chi connectivity index (χ0n) is 19.3. The van der Waals surface area contributed by atoms with Gasteiger partial charge in [0.1, 0.15) is 5.75 Å². The van der Waals surface area contributed by atoms with Crippen LogP contribution in [0.15, 0.2) is 84.9 Å². The SMILES string of the molecule is CC(C)Cc1ccccc1Cc1ccc(OCC(=O)O)c(Cc2cccc3ccccc23)c1. The minimum absolute atomic E-state index is 0.348. The molecule has 0 fully saturated rings. The highest BCUT2D eigenvalue weighted by molar-refractivity contribution is 5.86. The average Bonchev–Trinajstić information content (AvgIpc) is 2.80. The largest absolute Gasteiger partial charge is 0.482 e. The number of rotatable bonds is 9. The van der Waals surface area contributed by atoms with E-state index in [2.05, 4.69) is 86.6 Å². The summed E-state index contributed by atoms with van der Waals surface area (Å²) in [5, 5.41) is 11.5. The Labute approximate surface area is 195 Å². The van der Waals surface area contributed by atoms with E-state index in [1.807, 2.05) is 12.1 Å². The van der Waals surface area contributed by atoms with Crippen molar-refractivity contribution in [2.45, 2.75) is 33.1 Å². The lowest BCUT2D eigenvalue weighted by Gasteiger charge is -2.15. The van der Waals surface area contributed by atoms with Gasteiger partial charge in [0.25, 0.3) is 0 Å². The van der Waals surface area contributed by atoms with Gasteiger partial charge < -0.3 is 9.84 Å². The van der Waals surface area contributed by atoms with Crippen molar-refractivity contribution < 1.29 is 14.6 Å². The molecule has 33 heavy (non-hydrogen) atoms. The smallest absolute Gasteiger partial charge is 0.341 e. The molecule has 0 saturated heterocycles. The van der Waals surface area contributed by atoms with Crippen molar-refractivity contribution in [1.82, 2.24) is 0 Å². The summed E-state index contributed by atoms with van der Waals surface area (Å²) >= 11 is 0. The van der Waals surface area contributed by atoms with Gasteiger partial charge in [-0.05, 0) is 63.4 Å². The molecule has 4 rings (SSSR count). The van der Waals surface area contributed by atoms with Crippen molar-refractivity contribution in [3.8, 4) is 5.75 Å². The number of fused-ring (bicyclic) bond motifs is 1. The lowest BCUT2D eigenvalue weighted by molar-refractivity contribution is -0.139. The van der Waals surface area contributed by atoms with Crippen molar-refractivity contribution in [3.63, 3.8) is 0 Å². The predicted octanol–water partition coefficient (Wildman–Crippen LogP) is 6.68. The van der Waals surface area contributed by atoms with E-state index in [1.54, 1.807) is 0 Å². The van der Waals surface area contributed by atoms with Crippen molar-refractivity contribution >= 4 is 16.7 Å². The number of carboxylic acids is 1. The third-order valence-corrected chi connectivity index (χ3v) is 5.88. The first kappa shape index (κ1) is 22.6. The number of aliphatic carboxylic acids is 1. The summed E-state index contributed by atoms with van der Waals surface area (Å²) in [7, 11) is 0. The number of hydrogen-bond acceptors (Lipinski definition) is 2. The lowest BCUT2D eigenvalue weighted by atomic mass is 9.92. The maximum Gasteiger partial charge on any atom is 0.341 e. The fourth-order valence-corrected chi connectivity index (χ4v) is 4.40. The summed E-state index contributed by atoms with van der Waals surface area (Å²) in [6.07, 6.45) is 2.57. The van der Waals surface area contributed by atoms with Gasteiger partial charge in [0.05, 0.1) is 0 Å². The van der Waals surface area contributed by atoms with Crippen LogP contribution in [0.3, 0.4) is 0 Å². The van der Waals surface area contributed by atoms with Gasteiger partial charge >= 0.3 is 5.97 Å². The summed E-state index contributed by atoms with van der Waals surface area (Å²) in [6, 6.07) is 29.4. The molecule has 0 radical (unpaired) electrons. The number of carbonyl (C=O) groups is 1.